The van der Waals surface area contributed by atoms with Gasteiger partial charge in [-0.05, 0) is 6.92 Å². The van der Waals surface area contributed by atoms with Gasteiger partial charge in [-0.1, -0.05) is 5.92 Å². The van der Waals surface area contributed by atoms with E-state index in [0.717, 1.165) is 22.2 Å². The first kappa shape index (κ1) is 25.8. The third-order valence-electron chi connectivity index (χ3n) is 4.59. The smallest absolute Gasteiger partial charge is 0.475 e. The highest BCUT2D eigenvalue weighted by molar-refractivity contribution is 5.75. The highest BCUT2D eigenvalue weighted by Gasteiger charge is 2.38. The lowest BCUT2D eigenvalue weighted by atomic mass is 10.4. The van der Waals surface area contributed by atoms with Crippen molar-refractivity contribution in [3.8, 4) is 11.8 Å². The molecule has 15 heteroatoms. The molecule has 3 heterocycles. The summed E-state index contributed by atoms with van der Waals surface area (Å²) in [6, 6.07) is 0. The average Bonchev–Trinajstić information content (AvgIpc) is 3.13. The van der Waals surface area contributed by atoms with Crippen molar-refractivity contribution >= 4 is 23.1 Å². The second-order valence-corrected chi connectivity index (χ2v) is 6.79. The highest BCUT2D eigenvalue weighted by atomic mass is 19.4. The number of alkyl halides is 5. The Morgan fingerprint density at radius 2 is 1.79 bits per heavy atom. The highest BCUT2D eigenvalue weighted by Crippen LogP contribution is 2.20. The molecule has 0 amide bonds. The van der Waals surface area contributed by atoms with Gasteiger partial charge in [0, 0.05) is 33.2 Å². The van der Waals surface area contributed by atoms with Crippen LogP contribution in [0.1, 0.15) is 6.92 Å². The zero-order valence-electron chi connectivity index (χ0n) is 17.6. The first-order chi connectivity index (χ1) is 15.4. The Morgan fingerprint density at radius 3 is 2.27 bits per heavy atom. The number of halogens is 5. The van der Waals surface area contributed by atoms with Crippen molar-refractivity contribution in [3.63, 3.8) is 0 Å². The summed E-state index contributed by atoms with van der Waals surface area (Å²) < 4.78 is 61.1. The summed E-state index contributed by atoms with van der Waals surface area (Å²) in [6.07, 6.45) is -7.82. The number of rotatable bonds is 4. The Labute approximate surface area is 183 Å². The number of carbonyl (C=O) groups is 1. The summed E-state index contributed by atoms with van der Waals surface area (Å²) in [6.45, 7) is 3.84. The van der Waals surface area contributed by atoms with E-state index in [2.05, 4.69) is 22.1 Å². The van der Waals surface area contributed by atoms with Gasteiger partial charge in [0.25, 0.3) is 12.0 Å². The van der Waals surface area contributed by atoms with Crippen molar-refractivity contribution in [1.82, 2.24) is 24.0 Å². The van der Waals surface area contributed by atoms with Crippen LogP contribution in [0, 0.1) is 11.8 Å². The lowest BCUT2D eigenvalue weighted by Crippen LogP contribution is -2.44. The summed E-state index contributed by atoms with van der Waals surface area (Å²) in [7, 11) is 1.28. The molecular formula is C18H21F5N6O4. The van der Waals surface area contributed by atoms with Crippen molar-refractivity contribution < 1.29 is 31.9 Å². The second kappa shape index (κ2) is 10.5. The maximum atomic E-state index is 13.0. The van der Waals surface area contributed by atoms with E-state index in [1.165, 1.54) is 7.05 Å². The molecule has 1 aliphatic rings. The summed E-state index contributed by atoms with van der Waals surface area (Å²) in [5, 5.41) is 10.3. The Kier molecular flexibility index (Phi) is 8.20. The van der Waals surface area contributed by atoms with Crippen LogP contribution in [0.5, 0.6) is 0 Å². The number of carboxylic acid groups (broad SMARTS) is 1. The molecule has 0 atom stereocenters. The standard InChI is InChI=1S/C16H20F2N6O2.C2HF3O2/c1-3-4-7-23-12-13(20-15(23)22-8-5-19-6-9-22)24(10-11(17)18)16(26)21(2)14(12)25;3-2(4,5)1(6)7/h11,19H,5-10H2,1-2H3;(H,6,7). The third-order valence-corrected chi connectivity index (χ3v) is 4.59. The van der Waals surface area contributed by atoms with E-state index in [1.807, 2.05) is 4.90 Å². The van der Waals surface area contributed by atoms with E-state index < -0.39 is 36.4 Å². The molecule has 0 bridgehead atoms. The molecule has 0 saturated carbocycles. The molecule has 1 aliphatic heterocycles. The molecule has 0 aromatic carbocycles. The van der Waals surface area contributed by atoms with E-state index in [1.54, 1.807) is 11.5 Å². The van der Waals surface area contributed by atoms with Crippen molar-refractivity contribution in [2.75, 3.05) is 31.1 Å². The minimum Gasteiger partial charge on any atom is -0.475 e. The molecule has 182 valence electrons. The quantitative estimate of drug-likeness (QED) is 0.476. The normalized spacial score (nSPS) is 14.0. The fourth-order valence-corrected chi connectivity index (χ4v) is 3.06. The van der Waals surface area contributed by atoms with Crippen LogP contribution in [0.2, 0.25) is 0 Å². The Bertz CT molecular complexity index is 1180. The number of hydrogen-bond acceptors (Lipinski definition) is 6. The minimum absolute atomic E-state index is 0.0233. The SMILES string of the molecule is CC#CCn1c(N2CCNCC2)nc2c1c(=O)n(C)c(=O)n2CC(F)F.O=C(O)C(F)(F)F. The van der Waals surface area contributed by atoms with Crippen LogP contribution < -0.4 is 21.5 Å². The molecule has 10 nitrogen and oxygen atoms in total. The number of anilines is 1. The van der Waals surface area contributed by atoms with Crippen LogP contribution in [-0.2, 0) is 24.9 Å². The van der Waals surface area contributed by atoms with Crippen molar-refractivity contribution in [1.29, 1.82) is 0 Å². The molecule has 0 aliphatic carbocycles. The Morgan fingerprint density at radius 1 is 1.21 bits per heavy atom. The van der Waals surface area contributed by atoms with Gasteiger partial charge in [-0.2, -0.15) is 18.2 Å². The number of nitrogens with zero attached hydrogens (tertiary/aromatic N) is 5. The molecule has 0 unspecified atom stereocenters. The van der Waals surface area contributed by atoms with E-state index in [9.17, 15) is 31.5 Å². The fraction of sp³-hybridized carbons (Fsp3) is 0.556. The van der Waals surface area contributed by atoms with Crippen LogP contribution in [-0.4, -0.2) is 68.5 Å². The third kappa shape index (κ3) is 5.89. The fourth-order valence-electron chi connectivity index (χ4n) is 3.06. The van der Waals surface area contributed by atoms with Gasteiger partial charge in [0.15, 0.2) is 11.2 Å². The van der Waals surface area contributed by atoms with E-state index in [-0.39, 0.29) is 17.7 Å². The molecule has 3 rings (SSSR count). The monoisotopic (exact) mass is 480 g/mol. The predicted molar refractivity (Wildman–Crippen MR) is 107 cm³/mol. The van der Waals surface area contributed by atoms with E-state index in [4.69, 9.17) is 9.90 Å². The maximum Gasteiger partial charge on any atom is 0.490 e. The first-order valence-electron chi connectivity index (χ1n) is 9.53. The van der Waals surface area contributed by atoms with Crippen molar-refractivity contribution in [3.05, 3.63) is 20.8 Å². The first-order valence-corrected chi connectivity index (χ1v) is 9.53. The van der Waals surface area contributed by atoms with Gasteiger partial charge < -0.3 is 15.3 Å². The van der Waals surface area contributed by atoms with Crippen LogP contribution in [0.25, 0.3) is 11.2 Å². The van der Waals surface area contributed by atoms with Crippen LogP contribution >= 0.6 is 0 Å². The van der Waals surface area contributed by atoms with Gasteiger partial charge in [0.2, 0.25) is 5.95 Å². The van der Waals surface area contributed by atoms with Gasteiger partial charge in [0.1, 0.15) is 0 Å². The average molecular weight is 480 g/mol. The zero-order chi connectivity index (χ0) is 24.9. The molecule has 2 N–H and O–H groups in total. The lowest BCUT2D eigenvalue weighted by molar-refractivity contribution is -0.192. The van der Waals surface area contributed by atoms with Crippen LogP contribution in [0.15, 0.2) is 9.59 Å². The van der Waals surface area contributed by atoms with Crippen molar-refractivity contribution in [2.45, 2.75) is 32.6 Å². The molecule has 0 spiro atoms. The topological polar surface area (TPSA) is 114 Å². The van der Waals surface area contributed by atoms with Gasteiger partial charge in [-0.25, -0.2) is 18.4 Å². The van der Waals surface area contributed by atoms with Gasteiger partial charge in [-0.15, -0.1) is 5.92 Å². The molecule has 2 aromatic heterocycles. The maximum absolute atomic E-state index is 13.0. The summed E-state index contributed by atoms with van der Waals surface area (Å²) in [5.41, 5.74) is -1.28. The van der Waals surface area contributed by atoms with Crippen molar-refractivity contribution in [2.24, 2.45) is 7.05 Å². The van der Waals surface area contributed by atoms with E-state index >= 15 is 0 Å². The zero-order valence-corrected chi connectivity index (χ0v) is 17.6. The summed E-state index contributed by atoms with van der Waals surface area (Å²) in [4.78, 5) is 40.3. The molecule has 2 aromatic rings. The van der Waals surface area contributed by atoms with Gasteiger partial charge >= 0.3 is 17.8 Å². The van der Waals surface area contributed by atoms with Gasteiger partial charge in [0.05, 0.1) is 13.1 Å². The molecular weight excluding hydrogens is 459 g/mol. The summed E-state index contributed by atoms with van der Waals surface area (Å²) in [5.74, 6) is 3.37. The van der Waals surface area contributed by atoms with E-state index in [0.29, 0.717) is 19.0 Å². The number of aliphatic carboxylic acids is 1. The number of piperazine rings is 1. The minimum atomic E-state index is -5.08. The lowest BCUT2D eigenvalue weighted by Gasteiger charge is -2.28. The molecule has 1 saturated heterocycles. The number of carboxylic acids is 1. The molecule has 1 fully saturated rings. The number of hydrogen-bond donors (Lipinski definition) is 2. The molecule has 0 radical (unpaired) electrons. The number of fused-ring (bicyclic) bond motifs is 1. The predicted octanol–water partition coefficient (Wildman–Crippen LogP) is 0.228. The molecule has 33 heavy (non-hydrogen) atoms. The number of imidazole rings is 1. The Balaban J connectivity index is 0.000000479. The van der Waals surface area contributed by atoms with Gasteiger partial charge in [-0.3, -0.25) is 18.5 Å². The van der Waals surface area contributed by atoms with Crippen LogP contribution in [0.3, 0.4) is 0 Å². The second-order valence-electron chi connectivity index (χ2n) is 6.79. The van der Waals surface area contributed by atoms with Crippen LogP contribution in [0.4, 0.5) is 27.9 Å². The largest absolute Gasteiger partial charge is 0.490 e. The number of nitrogens with one attached hydrogen (secondary N) is 1. The Hall–Kier alpha value is -3.41. The number of aromatic nitrogens is 4. The summed E-state index contributed by atoms with van der Waals surface area (Å²) >= 11 is 0.